The smallest absolute Gasteiger partial charge is 0.357 e. The number of carbonyl (C=O) groups excluding carboxylic acids is 1. The van der Waals surface area contributed by atoms with Crippen LogP contribution in [-0.4, -0.2) is 27.3 Å². The molecule has 3 aromatic rings. The molecule has 0 aliphatic rings. The van der Waals surface area contributed by atoms with E-state index >= 15 is 0 Å². The fourth-order valence-corrected chi connectivity index (χ4v) is 2.21. The van der Waals surface area contributed by atoms with Crippen LogP contribution in [0.3, 0.4) is 0 Å². The zero-order chi connectivity index (χ0) is 14.8. The van der Waals surface area contributed by atoms with Crippen LogP contribution < -0.4 is 0 Å². The van der Waals surface area contributed by atoms with Gasteiger partial charge in [-0.05, 0) is 38.1 Å². The van der Waals surface area contributed by atoms with E-state index < -0.39 is 5.97 Å². The second kappa shape index (κ2) is 5.36. The van der Waals surface area contributed by atoms with Crippen LogP contribution in [0.15, 0.2) is 42.5 Å². The van der Waals surface area contributed by atoms with Crippen LogP contribution in [0, 0.1) is 6.92 Å². The maximum atomic E-state index is 11.8. The van der Waals surface area contributed by atoms with Gasteiger partial charge in [-0.3, -0.25) is 0 Å². The number of hydrogen-bond acceptors (Lipinski definition) is 4. The van der Waals surface area contributed by atoms with Crippen LogP contribution in [0.5, 0.6) is 0 Å². The van der Waals surface area contributed by atoms with E-state index in [1.807, 2.05) is 43.3 Å². The SMILES string of the molecule is CCOC(=O)c1ccc2c(C)nn(-c3ccccc3)c2n1. The highest BCUT2D eigenvalue weighted by atomic mass is 16.5. The van der Waals surface area contributed by atoms with Crippen molar-refractivity contribution >= 4 is 17.0 Å². The molecule has 5 heteroatoms. The van der Waals surface area contributed by atoms with Gasteiger partial charge in [0.15, 0.2) is 11.3 Å². The first-order chi connectivity index (χ1) is 10.2. The van der Waals surface area contributed by atoms with Gasteiger partial charge in [0.2, 0.25) is 0 Å². The van der Waals surface area contributed by atoms with E-state index in [1.165, 1.54) is 0 Å². The third-order valence-corrected chi connectivity index (χ3v) is 3.20. The third kappa shape index (κ3) is 2.38. The molecule has 5 nitrogen and oxygen atoms in total. The van der Waals surface area contributed by atoms with Crippen molar-refractivity contribution in [2.24, 2.45) is 0 Å². The van der Waals surface area contributed by atoms with Crippen molar-refractivity contribution in [1.29, 1.82) is 0 Å². The van der Waals surface area contributed by atoms with Crippen LogP contribution in [0.1, 0.15) is 23.1 Å². The van der Waals surface area contributed by atoms with Crippen molar-refractivity contribution in [3.05, 3.63) is 53.9 Å². The molecular weight excluding hydrogens is 266 g/mol. The summed E-state index contributed by atoms with van der Waals surface area (Å²) in [5.74, 6) is -0.419. The van der Waals surface area contributed by atoms with Crippen LogP contribution in [0.25, 0.3) is 16.7 Å². The molecule has 0 spiro atoms. The number of carbonyl (C=O) groups is 1. The number of fused-ring (bicyclic) bond motifs is 1. The predicted octanol–water partition coefficient (Wildman–Crippen LogP) is 2.91. The zero-order valence-electron chi connectivity index (χ0n) is 11.9. The van der Waals surface area contributed by atoms with Crippen molar-refractivity contribution in [3.8, 4) is 5.69 Å². The highest BCUT2D eigenvalue weighted by molar-refractivity contribution is 5.91. The Bertz CT molecular complexity index is 794. The molecule has 3 rings (SSSR count). The number of benzene rings is 1. The number of para-hydroxylation sites is 1. The lowest BCUT2D eigenvalue weighted by atomic mass is 10.2. The van der Waals surface area contributed by atoms with Gasteiger partial charge in [-0.2, -0.15) is 5.10 Å². The van der Waals surface area contributed by atoms with Gasteiger partial charge in [-0.25, -0.2) is 14.5 Å². The third-order valence-electron chi connectivity index (χ3n) is 3.20. The second-order valence-corrected chi connectivity index (χ2v) is 4.62. The highest BCUT2D eigenvalue weighted by Crippen LogP contribution is 2.20. The van der Waals surface area contributed by atoms with Gasteiger partial charge in [-0.15, -0.1) is 0 Å². The normalized spacial score (nSPS) is 10.8. The minimum absolute atomic E-state index is 0.293. The van der Waals surface area contributed by atoms with Crippen molar-refractivity contribution in [2.75, 3.05) is 6.61 Å². The second-order valence-electron chi connectivity index (χ2n) is 4.62. The number of esters is 1. The van der Waals surface area contributed by atoms with Crippen LogP contribution in [-0.2, 0) is 4.74 Å². The summed E-state index contributed by atoms with van der Waals surface area (Å²) in [7, 11) is 0. The Kier molecular flexibility index (Phi) is 3.39. The Morgan fingerprint density at radius 1 is 1.19 bits per heavy atom. The molecule has 2 heterocycles. The molecule has 0 saturated heterocycles. The molecule has 0 atom stereocenters. The van der Waals surface area contributed by atoms with Gasteiger partial charge < -0.3 is 4.74 Å². The first-order valence-corrected chi connectivity index (χ1v) is 6.79. The number of pyridine rings is 1. The summed E-state index contributed by atoms with van der Waals surface area (Å²) in [5.41, 5.74) is 2.73. The van der Waals surface area contributed by atoms with Gasteiger partial charge in [0.25, 0.3) is 0 Å². The van der Waals surface area contributed by atoms with E-state index in [0.29, 0.717) is 17.9 Å². The Hall–Kier alpha value is -2.69. The summed E-state index contributed by atoms with van der Waals surface area (Å²) in [6, 6.07) is 13.2. The number of hydrogen-bond donors (Lipinski definition) is 0. The van der Waals surface area contributed by atoms with Gasteiger partial charge in [0.1, 0.15) is 0 Å². The van der Waals surface area contributed by atoms with Gasteiger partial charge in [0.05, 0.1) is 18.0 Å². The summed E-state index contributed by atoms with van der Waals surface area (Å²) in [6.07, 6.45) is 0. The average molecular weight is 281 g/mol. The minimum Gasteiger partial charge on any atom is -0.461 e. The first-order valence-electron chi connectivity index (χ1n) is 6.79. The first kappa shape index (κ1) is 13.3. The molecule has 21 heavy (non-hydrogen) atoms. The van der Waals surface area contributed by atoms with E-state index in [-0.39, 0.29) is 0 Å². The van der Waals surface area contributed by atoms with Crippen molar-refractivity contribution < 1.29 is 9.53 Å². The molecule has 2 aromatic heterocycles. The van der Waals surface area contributed by atoms with Crippen molar-refractivity contribution in [1.82, 2.24) is 14.8 Å². The Labute approximate surface area is 122 Å². The molecule has 0 N–H and O–H groups in total. The topological polar surface area (TPSA) is 57.0 Å². The summed E-state index contributed by atoms with van der Waals surface area (Å²) in [6.45, 7) is 4.03. The molecule has 0 saturated carbocycles. The van der Waals surface area contributed by atoms with E-state index in [9.17, 15) is 4.79 Å². The lowest BCUT2D eigenvalue weighted by molar-refractivity contribution is 0.0520. The number of aromatic nitrogens is 3. The average Bonchev–Trinajstić information content (AvgIpc) is 2.85. The van der Waals surface area contributed by atoms with Crippen LogP contribution in [0.4, 0.5) is 0 Å². The number of aryl methyl sites for hydroxylation is 1. The van der Waals surface area contributed by atoms with E-state index in [4.69, 9.17) is 4.74 Å². The van der Waals surface area contributed by atoms with Gasteiger partial charge >= 0.3 is 5.97 Å². The number of ether oxygens (including phenoxy) is 1. The Morgan fingerprint density at radius 2 is 1.95 bits per heavy atom. The lowest BCUT2D eigenvalue weighted by Gasteiger charge is -2.04. The monoisotopic (exact) mass is 281 g/mol. The zero-order valence-corrected chi connectivity index (χ0v) is 11.9. The molecule has 106 valence electrons. The summed E-state index contributed by atoms with van der Waals surface area (Å²) < 4.78 is 6.74. The van der Waals surface area contributed by atoms with E-state index in [1.54, 1.807) is 17.7 Å². The Morgan fingerprint density at radius 3 is 2.67 bits per heavy atom. The molecule has 0 aliphatic carbocycles. The van der Waals surface area contributed by atoms with Crippen molar-refractivity contribution in [3.63, 3.8) is 0 Å². The molecule has 0 unspecified atom stereocenters. The van der Waals surface area contributed by atoms with E-state index in [0.717, 1.165) is 16.8 Å². The molecular formula is C16H15N3O2. The molecule has 0 radical (unpaired) electrons. The van der Waals surface area contributed by atoms with Crippen LogP contribution in [0.2, 0.25) is 0 Å². The van der Waals surface area contributed by atoms with Gasteiger partial charge in [0, 0.05) is 5.39 Å². The number of rotatable bonds is 3. The summed E-state index contributed by atoms with van der Waals surface area (Å²) in [4.78, 5) is 16.2. The predicted molar refractivity (Wildman–Crippen MR) is 79.6 cm³/mol. The van der Waals surface area contributed by atoms with Crippen LogP contribution >= 0.6 is 0 Å². The highest BCUT2D eigenvalue weighted by Gasteiger charge is 2.14. The maximum absolute atomic E-state index is 11.8. The molecule has 0 aliphatic heterocycles. The lowest BCUT2D eigenvalue weighted by Crippen LogP contribution is -2.08. The maximum Gasteiger partial charge on any atom is 0.357 e. The number of nitrogens with zero attached hydrogens (tertiary/aromatic N) is 3. The molecule has 0 bridgehead atoms. The van der Waals surface area contributed by atoms with Crippen molar-refractivity contribution in [2.45, 2.75) is 13.8 Å². The molecule has 1 aromatic carbocycles. The Balaban J connectivity index is 2.17. The standard InChI is InChI=1S/C16H15N3O2/c1-3-21-16(20)14-10-9-13-11(2)18-19(15(13)17-14)12-7-5-4-6-8-12/h4-10H,3H2,1-2H3. The van der Waals surface area contributed by atoms with Gasteiger partial charge in [-0.1, -0.05) is 18.2 Å². The largest absolute Gasteiger partial charge is 0.461 e. The quantitative estimate of drug-likeness (QED) is 0.693. The minimum atomic E-state index is -0.419. The molecule has 0 fully saturated rings. The fraction of sp³-hybridized carbons (Fsp3) is 0.188. The fourth-order valence-electron chi connectivity index (χ4n) is 2.21. The summed E-state index contributed by atoms with van der Waals surface area (Å²) in [5, 5.41) is 5.43. The molecule has 0 amide bonds. The summed E-state index contributed by atoms with van der Waals surface area (Å²) >= 11 is 0. The van der Waals surface area contributed by atoms with E-state index in [2.05, 4.69) is 10.1 Å².